The van der Waals surface area contributed by atoms with Crippen LogP contribution in [0.15, 0.2) is 12.7 Å². The highest BCUT2D eigenvalue weighted by Crippen LogP contribution is 2.12. The SMILES string of the molecule is C=CCS(=O)(=O)CC(=O)N1CCN(C(=O)OC(C)(C)C)CC1. The highest BCUT2D eigenvalue weighted by molar-refractivity contribution is 7.92. The summed E-state index contributed by atoms with van der Waals surface area (Å²) in [6.07, 6.45) is 0.849. The zero-order chi connectivity index (χ0) is 17.0. The van der Waals surface area contributed by atoms with Crippen molar-refractivity contribution >= 4 is 21.8 Å². The fourth-order valence-electron chi connectivity index (χ4n) is 1.98. The number of nitrogens with zero attached hydrogens (tertiary/aromatic N) is 2. The van der Waals surface area contributed by atoms with Gasteiger partial charge in [-0.1, -0.05) is 6.08 Å². The molecule has 1 aliphatic rings. The van der Waals surface area contributed by atoms with E-state index in [-0.39, 0.29) is 5.75 Å². The summed E-state index contributed by atoms with van der Waals surface area (Å²) in [6, 6.07) is 0. The quantitative estimate of drug-likeness (QED) is 0.706. The second-order valence-corrected chi connectivity index (χ2v) is 8.30. The monoisotopic (exact) mass is 332 g/mol. The van der Waals surface area contributed by atoms with Gasteiger partial charge in [0.05, 0.1) is 5.75 Å². The summed E-state index contributed by atoms with van der Waals surface area (Å²) >= 11 is 0. The van der Waals surface area contributed by atoms with Crippen LogP contribution in [-0.4, -0.2) is 73.5 Å². The summed E-state index contributed by atoms with van der Waals surface area (Å²) in [5.74, 6) is -1.17. The van der Waals surface area contributed by atoms with E-state index < -0.39 is 33.2 Å². The third-order valence-electron chi connectivity index (χ3n) is 3.00. The number of carbonyl (C=O) groups is 2. The van der Waals surface area contributed by atoms with Gasteiger partial charge in [-0.05, 0) is 20.8 Å². The molecule has 0 aromatic rings. The third-order valence-corrected chi connectivity index (χ3v) is 4.43. The lowest BCUT2D eigenvalue weighted by atomic mass is 10.2. The second-order valence-electron chi connectivity index (χ2n) is 6.19. The number of rotatable bonds is 4. The smallest absolute Gasteiger partial charge is 0.410 e. The normalized spacial score (nSPS) is 16.3. The molecule has 0 aromatic carbocycles. The Bertz CT molecular complexity index is 528. The van der Waals surface area contributed by atoms with E-state index in [0.29, 0.717) is 26.2 Å². The van der Waals surface area contributed by atoms with Crippen LogP contribution >= 0.6 is 0 Å². The Kier molecular flexibility index (Phi) is 5.99. The van der Waals surface area contributed by atoms with Crippen LogP contribution in [0.2, 0.25) is 0 Å². The predicted octanol–water partition coefficient (Wildman–Crippen LogP) is 0.666. The van der Waals surface area contributed by atoms with Gasteiger partial charge in [0.2, 0.25) is 5.91 Å². The molecule has 7 nitrogen and oxygen atoms in total. The molecule has 0 saturated carbocycles. The van der Waals surface area contributed by atoms with E-state index >= 15 is 0 Å². The number of amides is 2. The molecule has 126 valence electrons. The summed E-state index contributed by atoms with van der Waals surface area (Å²) in [4.78, 5) is 26.9. The lowest BCUT2D eigenvalue weighted by Crippen LogP contribution is -2.52. The Morgan fingerprint density at radius 1 is 1.14 bits per heavy atom. The zero-order valence-corrected chi connectivity index (χ0v) is 14.2. The first kappa shape index (κ1) is 18.5. The van der Waals surface area contributed by atoms with Gasteiger partial charge >= 0.3 is 6.09 Å². The van der Waals surface area contributed by atoms with Crippen LogP contribution in [0, 0.1) is 0 Å². The van der Waals surface area contributed by atoms with Crippen LogP contribution in [0.1, 0.15) is 20.8 Å². The van der Waals surface area contributed by atoms with Gasteiger partial charge in [0.1, 0.15) is 11.4 Å². The van der Waals surface area contributed by atoms with E-state index in [9.17, 15) is 18.0 Å². The van der Waals surface area contributed by atoms with Gasteiger partial charge < -0.3 is 14.5 Å². The van der Waals surface area contributed by atoms with E-state index in [4.69, 9.17) is 4.74 Å². The van der Waals surface area contributed by atoms with Crippen molar-refractivity contribution in [1.82, 2.24) is 9.80 Å². The molecule has 22 heavy (non-hydrogen) atoms. The van der Waals surface area contributed by atoms with Crippen LogP contribution in [0.25, 0.3) is 0 Å². The van der Waals surface area contributed by atoms with Gasteiger partial charge in [0, 0.05) is 26.2 Å². The topological polar surface area (TPSA) is 84.0 Å². The lowest BCUT2D eigenvalue weighted by molar-refractivity contribution is -0.130. The molecule has 0 N–H and O–H groups in total. The molecule has 0 spiro atoms. The number of hydrogen-bond acceptors (Lipinski definition) is 5. The molecule has 2 amide bonds. The van der Waals surface area contributed by atoms with Gasteiger partial charge in [0.25, 0.3) is 0 Å². The number of piperazine rings is 1. The maximum absolute atomic E-state index is 12.0. The lowest BCUT2D eigenvalue weighted by Gasteiger charge is -2.35. The first-order chi connectivity index (χ1) is 10.0. The Morgan fingerprint density at radius 2 is 1.64 bits per heavy atom. The van der Waals surface area contributed by atoms with E-state index in [0.717, 1.165) is 0 Å². The zero-order valence-electron chi connectivity index (χ0n) is 13.4. The Hall–Kier alpha value is -1.57. The van der Waals surface area contributed by atoms with E-state index in [1.165, 1.54) is 15.9 Å². The van der Waals surface area contributed by atoms with Crippen molar-refractivity contribution in [1.29, 1.82) is 0 Å². The Balaban J connectivity index is 2.50. The average Bonchev–Trinajstić information content (AvgIpc) is 2.36. The van der Waals surface area contributed by atoms with Crippen LogP contribution in [0.5, 0.6) is 0 Å². The van der Waals surface area contributed by atoms with Crippen molar-refractivity contribution in [3.63, 3.8) is 0 Å². The van der Waals surface area contributed by atoms with Crippen molar-refractivity contribution in [3.05, 3.63) is 12.7 Å². The molecular formula is C14H24N2O5S. The summed E-state index contributed by atoms with van der Waals surface area (Å²) < 4.78 is 28.5. The summed E-state index contributed by atoms with van der Waals surface area (Å²) in [5.41, 5.74) is -0.567. The molecule has 1 rings (SSSR count). The Morgan fingerprint density at radius 3 is 2.09 bits per heavy atom. The summed E-state index contributed by atoms with van der Waals surface area (Å²) in [5, 5.41) is 0. The molecule has 1 heterocycles. The van der Waals surface area contributed by atoms with Crippen LogP contribution in [0.3, 0.4) is 0 Å². The molecule has 0 bridgehead atoms. The maximum atomic E-state index is 12.0. The van der Waals surface area contributed by atoms with E-state index in [1.54, 1.807) is 20.8 Å². The fourth-order valence-corrected chi connectivity index (χ4v) is 3.02. The molecule has 1 fully saturated rings. The highest BCUT2D eigenvalue weighted by Gasteiger charge is 2.29. The molecule has 1 aliphatic heterocycles. The molecule has 0 aromatic heterocycles. The minimum atomic E-state index is -3.45. The molecule has 0 unspecified atom stereocenters. The third kappa shape index (κ3) is 6.05. The molecule has 0 radical (unpaired) electrons. The minimum absolute atomic E-state index is 0.212. The van der Waals surface area contributed by atoms with Crippen molar-refractivity contribution in [2.24, 2.45) is 0 Å². The Labute approximate surface area is 131 Å². The fraction of sp³-hybridized carbons (Fsp3) is 0.714. The van der Waals surface area contributed by atoms with Crippen LogP contribution in [0.4, 0.5) is 4.79 Å². The van der Waals surface area contributed by atoms with Gasteiger partial charge in [-0.3, -0.25) is 4.79 Å². The van der Waals surface area contributed by atoms with Crippen molar-refractivity contribution in [2.75, 3.05) is 37.7 Å². The number of hydrogen-bond donors (Lipinski definition) is 0. The number of ether oxygens (including phenoxy) is 1. The summed E-state index contributed by atoms with van der Waals surface area (Å²) in [7, 11) is -3.45. The second kappa shape index (κ2) is 7.13. The molecule has 0 atom stereocenters. The van der Waals surface area contributed by atoms with Gasteiger partial charge in [-0.15, -0.1) is 6.58 Å². The van der Waals surface area contributed by atoms with Gasteiger partial charge in [0.15, 0.2) is 9.84 Å². The van der Waals surface area contributed by atoms with Crippen LogP contribution < -0.4 is 0 Å². The van der Waals surface area contributed by atoms with E-state index in [2.05, 4.69) is 6.58 Å². The number of carbonyl (C=O) groups excluding carboxylic acids is 2. The van der Waals surface area contributed by atoms with Crippen molar-refractivity contribution < 1.29 is 22.7 Å². The largest absolute Gasteiger partial charge is 0.444 e. The van der Waals surface area contributed by atoms with Crippen molar-refractivity contribution in [2.45, 2.75) is 26.4 Å². The van der Waals surface area contributed by atoms with Crippen LogP contribution in [-0.2, 0) is 19.4 Å². The molecule has 8 heteroatoms. The minimum Gasteiger partial charge on any atom is -0.444 e. The van der Waals surface area contributed by atoms with E-state index in [1.807, 2.05) is 0 Å². The standard InChI is InChI=1S/C14H24N2O5S/c1-5-10-22(19,20)11-12(17)15-6-8-16(9-7-15)13(18)21-14(2,3)4/h5H,1,6-11H2,2-4H3. The van der Waals surface area contributed by atoms with Crippen molar-refractivity contribution in [3.8, 4) is 0 Å². The summed E-state index contributed by atoms with van der Waals surface area (Å²) in [6.45, 7) is 10.0. The van der Waals surface area contributed by atoms with Gasteiger partial charge in [-0.2, -0.15) is 0 Å². The highest BCUT2D eigenvalue weighted by atomic mass is 32.2. The first-order valence-corrected chi connectivity index (χ1v) is 8.93. The molecule has 1 saturated heterocycles. The predicted molar refractivity (Wildman–Crippen MR) is 83.2 cm³/mol. The number of sulfone groups is 1. The first-order valence-electron chi connectivity index (χ1n) is 7.11. The maximum Gasteiger partial charge on any atom is 0.410 e. The molecule has 0 aliphatic carbocycles. The molecular weight excluding hydrogens is 308 g/mol. The van der Waals surface area contributed by atoms with Gasteiger partial charge in [-0.25, -0.2) is 13.2 Å². The average molecular weight is 332 g/mol.